The molecule has 0 heterocycles. The van der Waals surface area contributed by atoms with E-state index in [0.717, 1.165) is 24.3 Å². The number of rotatable bonds is 19. The van der Waals surface area contributed by atoms with E-state index in [1.54, 1.807) is 60.7 Å². The molecule has 20 heteroatoms. The van der Waals surface area contributed by atoms with Crippen molar-refractivity contribution in [2.45, 2.75) is 63.6 Å². The van der Waals surface area contributed by atoms with Crippen LogP contribution in [0.1, 0.15) is 79.4 Å². The first kappa shape index (κ1) is 50.9. The highest BCUT2D eigenvalue weighted by molar-refractivity contribution is 6.13. The van der Waals surface area contributed by atoms with Crippen LogP contribution in [0.25, 0.3) is 0 Å². The average Bonchev–Trinajstić information content (AvgIpc) is 3.25. The molecule has 4 rings (SSSR count). The number of carbonyl (C=O) groups is 6. The van der Waals surface area contributed by atoms with Gasteiger partial charge < -0.3 is 42.1 Å². The standard InChI is InChI=1S/C22H25F2N3O4.C21H23ClF2N4O4.4H2/c1-3-9-25-21(30)18(14-7-5-4-6-8-14)27-20(29)13(2)26-22(31)19(28)15-10-16(23)12-17(24)11-15;1-12(27-21(32)18(29)14-9-15(23)11-16(24)10-14)19(30)28-17(13-5-3-2-4-6-13)20(31)25-7-8-26-22;;;;/h4-8,10-13,18-19,28H,3,9H2,1-2H3,(H,25,30)(H,26,31)(H,27,29);2-6,9-12,17-18,26,29H,7-8H2,1H3,(H,25,31)(H,27,32)(H,28,30);4*1H/t13-,18-,19?;12-,17-,18?;;;;/m00..../s1. The van der Waals surface area contributed by atoms with E-state index in [1.165, 1.54) is 13.8 Å². The van der Waals surface area contributed by atoms with E-state index in [-0.39, 0.29) is 23.4 Å². The van der Waals surface area contributed by atoms with Crippen LogP contribution >= 0.6 is 11.8 Å². The van der Waals surface area contributed by atoms with Gasteiger partial charge in [-0.15, -0.1) is 0 Å². The minimum atomic E-state index is -1.90. The smallest absolute Gasteiger partial charge is 0.254 e. The van der Waals surface area contributed by atoms with Crippen molar-refractivity contribution in [3.8, 4) is 0 Å². The SMILES string of the molecule is CCCNC(=O)[C@@H](NC(=O)[C@H](C)NC(=O)C(O)c1cc(F)cc(F)c1)c1ccccc1.C[C@H](NC(=O)C(O)c1cc(F)cc(F)c1)C(=O)N[C@H](C(=O)NCCNCl)c1ccccc1.[HH].[HH].[HH].[HH]. The molecule has 0 aliphatic carbocycles. The number of nitrogens with one attached hydrogen (secondary N) is 7. The maximum absolute atomic E-state index is 13.3. The van der Waals surface area contributed by atoms with E-state index in [1.807, 2.05) is 6.92 Å². The number of aliphatic hydroxyl groups excluding tert-OH is 2. The van der Waals surface area contributed by atoms with Gasteiger partial charge in [0.2, 0.25) is 23.6 Å². The molecule has 0 aliphatic rings. The Hall–Kier alpha value is -6.41. The number of amides is 6. The molecule has 63 heavy (non-hydrogen) atoms. The molecule has 6 amide bonds. The number of benzene rings is 4. The van der Waals surface area contributed by atoms with Gasteiger partial charge in [0, 0.05) is 37.5 Å². The van der Waals surface area contributed by atoms with Gasteiger partial charge in [-0.1, -0.05) is 67.6 Å². The summed E-state index contributed by atoms with van der Waals surface area (Å²) in [6.07, 6.45) is -3.06. The van der Waals surface area contributed by atoms with E-state index >= 15 is 0 Å². The van der Waals surface area contributed by atoms with Crippen molar-refractivity contribution in [2.75, 3.05) is 19.6 Å². The third-order valence-electron chi connectivity index (χ3n) is 8.83. The zero-order valence-electron chi connectivity index (χ0n) is 34.3. The third kappa shape index (κ3) is 16.4. The Labute approximate surface area is 371 Å². The summed E-state index contributed by atoms with van der Waals surface area (Å²) >= 11 is 5.37. The summed E-state index contributed by atoms with van der Waals surface area (Å²) in [6.45, 7) is 5.53. The molecule has 4 aromatic carbocycles. The van der Waals surface area contributed by atoms with E-state index in [4.69, 9.17) is 11.8 Å². The van der Waals surface area contributed by atoms with Crippen LogP contribution in [-0.2, 0) is 28.8 Å². The van der Waals surface area contributed by atoms with Crippen molar-refractivity contribution in [1.29, 1.82) is 0 Å². The molecule has 0 aliphatic heterocycles. The predicted molar refractivity (Wildman–Crippen MR) is 231 cm³/mol. The monoisotopic (exact) mass is 909 g/mol. The highest BCUT2D eigenvalue weighted by atomic mass is 35.5. The molecular weight excluding hydrogens is 854 g/mol. The number of carbonyl (C=O) groups excluding carboxylic acids is 6. The quantitative estimate of drug-likeness (QED) is 0.0375. The number of halogens is 5. The molecule has 0 saturated carbocycles. The Morgan fingerprint density at radius 1 is 0.508 bits per heavy atom. The zero-order valence-corrected chi connectivity index (χ0v) is 35.0. The van der Waals surface area contributed by atoms with Gasteiger partial charge in [0.25, 0.3) is 11.8 Å². The zero-order chi connectivity index (χ0) is 46.6. The van der Waals surface area contributed by atoms with E-state index < -0.39 is 95.1 Å². The van der Waals surface area contributed by atoms with Gasteiger partial charge in [-0.2, -0.15) is 0 Å². The molecule has 0 spiro atoms. The van der Waals surface area contributed by atoms with Crippen molar-refractivity contribution in [2.24, 2.45) is 0 Å². The molecule has 0 bridgehead atoms. The second-order valence-corrected chi connectivity index (χ2v) is 14.1. The number of hydrogen-bond donors (Lipinski definition) is 9. The molecule has 2 unspecified atom stereocenters. The molecule has 4 aromatic rings. The molecule has 15 nitrogen and oxygen atoms in total. The Balaban J connectivity index is 0. The topological polar surface area (TPSA) is 227 Å². The summed E-state index contributed by atoms with van der Waals surface area (Å²) in [5.74, 6) is -8.15. The Morgan fingerprint density at radius 3 is 1.19 bits per heavy atom. The minimum Gasteiger partial charge on any atom is -0.378 e. The molecule has 0 radical (unpaired) electrons. The van der Waals surface area contributed by atoms with E-state index in [0.29, 0.717) is 42.8 Å². The Bertz CT molecular complexity index is 2160. The summed E-state index contributed by atoms with van der Waals surface area (Å²) in [6, 6.07) is 17.1. The van der Waals surface area contributed by atoms with Crippen LogP contribution in [0, 0.1) is 23.3 Å². The summed E-state index contributed by atoms with van der Waals surface area (Å²) in [5, 5.41) is 35.1. The highest BCUT2D eigenvalue weighted by Gasteiger charge is 2.29. The van der Waals surface area contributed by atoms with Gasteiger partial charge in [-0.3, -0.25) is 28.8 Å². The largest absolute Gasteiger partial charge is 0.378 e. The van der Waals surface area contributed by atoms with Gasteiger partial charge in [-0.25, -0.2) is 22.4 Å². The van der Waals surface area contributed by atoms with Gasteiger partial charge in [0.1, 0.15) is 47.4 Å². The second kappa shape index (κ2) is 25.5. The predicted octanol–water partition coefficient (Wildman–Crippen LogP) is 4.09. The Kier molecular flexibility index (Phi) is 20.6. The van der Waals surface area contributed by atoms with Crippen LogP contribution in [0.3, 0.4) is 0 Å². The third-order valence-corrected chi connectivity index (χ3v) is 9.02. The van der Waals surface area contributed by atoms with Crippen molar-refractivity contribution < 1.29 is 62.2 Å². The van der Waals surface area contributed by atoms with E-state index in [2.05, 4.69) is 36.7 Å². The van der Waals surface area contributed by atoms with Crippen LogP contribution in [0.15, 0.2) is 97.1 Å². The summed E-state index contributed by atoms with van der Waals surface area (Å²) < 4.78 is 53.3. The van der Waals surface area contributed by atoms with Crippen molar-refractivity contribution >= 4 is 47.2 Å². The summed E-state index contributed by atoms with van der Waals surface area (Å²) in [7, 11) is 0. The van der Waals surface area contributed by atoms with Crippen LogP contribution in [0.5, 0.6) is 0 Å². The fourth-order valence-electron chi connectivity index (χ4n) is 5.60. The lowest BCUT2D eigenvalue weighted by Crippen LogP contribution is -2.50. The van der Waals surface area contributed by atoms with Gasteiger partial charge >= 0.3 is 0 Å². The fraction of sp³-hybridized carbons (Fsp3) is 0.302. The molecule has 9 N–H and O–H groups in total. The number of aliphatic hydroxyl groups is 2. The molecule has 346 valence electrons. The molecular formula is C43H56ClF4N7O8. The van der Waals surface area contributed by atoms with Crippen molar-refractivity contribution in [3.63, 3.8) is 0 Å². The number of hydrogen-bond acceptors (Lipinski definition) is 9. The van der Waals surface area contributed by atoms with Gasteiger partial charge in [-0.05, 0) is 78.6 Å². The first-order chi connectivity index (χ1) is 29.9. The lowest BCUT2D eigenvalue weighted by Gasteiger charge is -2.22. The highest BCUT2D eigenvalue weighted by Crippen LogP contribution is 2.19. The van der Waals surface area contributed by atoms with Crippen LogP contribution in [0.4, 0.5) is 17.6 Å². The van der Waals surface area contributed by atoms with Crippen LogP contribution in [-0.4, -0.2) is 77.4 Å². The normalized spacial score (nSPS) is 13.6. The van der Waals surface area contributed by atoms with Crippen LogP contribution in [0.2, 0.25) is 0 Å². The van der Waals surface area contributed by atoms with Crippen molar-refractivity contribution in [1.82, 2.24) is 36.7 Å². The first-order valence-corrected chi connectivity index (χ1v) is 19.8. The minimum absolute atomic E-state index is 0. The van der Waals surface area contributed by atoms with Crippen molar-refractivity contribution in [3.05, 3.63) is 143 Å². The first-order valence-electron chi connectivity index (χ1n) is 19.4. The maximum atomic E-state index is 13.3. The van der Waals surface area contributed by atoms with E-state index in [9.17, 15) is 56.5 Å². The average molecular weight is 910 g/mol. The summed E-state index contributed by atoms with van der Waals surface area (Å²) in [5.41, 5.74) is 0.468. The van der Waals surface area contributed by atoms with Crippen LogP contribution < -0.4 is 36.7 Å². The second-order valence-electron chi connectivity index (χ2n) is 13.8. The molecule has 0 aromatic heterocycles. The fourth-order valence-corrected chi connectivity index (χ4v) is 5.69. The summed E-state index contributed by atoms with van der Waals surface area (Å²) in [4.78, 5) is 77.2. The van der Waals surface area contributed by atoms with Gasteiger partial charge in [0.05, 0.1) is 0 Å². The molecule has 6 atom stereocenters. The molecule has 0 fully saturated rings. The van der Waals surface area contributed by atoms with Gasteiger partial charge in [0.15, 0.2) is 12.2 Å². The Morgan fingerprint density at radius 2 is 0.857 bits per heavy atom. The molecule has 0 saturated heterocycles. The lowest BCUT2D eigenvalue weighted by molar-refractivity contribution is -0.135. The maximum Gasteiger partial charge on any atom is 0.254 e. The lowest BCUT2D eigenvalue weighted by atomic mass is 10.1.